The van der Waals surface area contributed by atoms with Gasteiger partial charge in [-0.25, -0.2) is 4.79 Å². The minimum absolute atomic E-state index is 0.0519. The van der Waals surface area contributed by atoms with Crippen molar-refractivity contribution in [2.24, 2.45) is 11.8 Å². The highest BCUT2D eigenvalue weighted by Gasteiger charge is 2.34. The third-order valence-corrected chi connectivity index (χ3v) is 8.76. The van der Waals surface area contributed by atoms with E-state index in [4.69, 9.17) is 0 Å². The fraction of sp³-hybridized carbons (Fsp3) is 0.312. The lowest BCUT2D eigenvalue weighted by atomic mass is 9.82. The van der Waals surface area contributed by atoms with Gasteiger partial charge < -0.3 is 10.0 Å². The molecule has 1 amide bonds. The van der Waals surface area contributed by atoms with E-state index in [9.17, 15) is 14.7 Å². The first kappa shape index (κ1) is 25.2. The summed E-state index contributed by atoms with van der Waals surface area (Å²) in [6, 6.07) is 24.4. The molecule has 0 spiro atoms. The Hall–Kier alpha value is -3.44. The van der Waals surface area contributed by atoms with Crippen LogP contribution in [0.2, 0.25) is 0 Å². The van der Waals surface area contributed by atoms with Gasteiger partial charge in [0.2, 0.25) is 5.91 Å². The summed E-state index contributed by atoms with van der Waals surface area (Å²) in [6.07, 6.45) is 3.82. The molecule has 1 aliphatic carbocycles. The van der Waals surface area contributed by atoms with Crippen molar-refractivity contribution in [1.29, 1.82) is 0 Å². The first-order valence-corrected chi connectivity index (χ1v) is 13.9. The molecule has 190 valence electrons. The van der Waals surface area contributed by atoms with Crippen molar-refractivity contribution in [3.8, 4) is 22.3 Å². The van der Waals surface area contributed by atoms with E-state index >= 15 is 0 Å². The van der Waals surface area contributed by atoms with Gasteiger partial charge >= 0.3 is 5.97 Å². The second kappa shape index (κ2) is 10.5. The SMILES string of the molecule is CC1CCC(C(=O)N(c2c(C(=O)O)sc3c(-c4ccc(-c5ccccc5)cc4)cccc23)C(C)C)CC1. The van der Waals surface area contributed by atoms with E-state index in [1.54, 1.807) is 4.90 Å². The number of thiophene rings is 1. The lowest BCUT2D eigenvalue weighted by Crippen LogP contribution is -2.42. The van der Waals surface area contributed by atoms with Crippen LogP contribution in [0.5, 0.6) is 0 Å². The Morgan fingerprint density at radius 2 is 1.46 bits per heavy atom. The predicted molar refractivity (Wildman–Crippen MR) is 153 cm³/mol. The summed E-state index contributed by atoms with van der Waals surface area (Å²) in [4.78, 5) is 28.3. The van der Waals surface area contributed by atoms with Crippen LogP contribution in [0.1, 0.15) is 56.1 Å². The summed E-state index contributed by atoms with van der Waals surface area (Å²) in [5.74, 6) is -0.341. The molecule has 0 radical (unpaired) electrons. The van der Waals surface area contributed by atoms with Gasteiger partial charge in [0.25, 0.3) is 0 Å². The summed E-state index contributed by atoms with van der Waals surface area (Å²) in [5.41, 5.74) is 4.85. The van der Waals surface area contributed by atoms with Gasteiger partial charge in [0.05, 0.1) is 5.69 Å². The van der Waals surface area contributed by atoms with Gasteiger partial charge in [0, 0.05) is 22.0 Å². The molecule has 1 saturated carbocycles. The van der Waals surface area contributed by atoms with Crippen molar-refractivity contribution in [3.05, 3.63) is 77.7 Å². The van der Waals surface area contributed by atoms with Gasteiger partial charge in [-0.3, -0.25) is 4.79 Å². The average molecular weight is 512 g/mol. The Bertz CT molecular complexity index is 1410. The van der Waals surface area contributed by atoms with Crippen molar-refractivity contribution < 1.29 is 14.7 Å². The molecule has 4 nitrogen and oxygen atoms in total. The molecule has 0 saturated heterocycles. The summed E-state index contributed by atoms with van der Waals surface area (Å²) >= 11 is 1.27. The molecule has 37 heavy (non-hydrogen) atoms. The summed E-state index contributed by atoms with van der Waals surface area (Å²) in [5, 5.41) is 11.1. The first-order valence-electron chi connectivity index (χ1n) is 13.1. The number of carboxylic acid groups (broad SMARTS) is 1. The quantitative estimate of drug-likeness (QED) is 0.282. The van der Waals surface area contributed by atoms with Gasteiger partial charge in [0.15, 0.2) is 0 Å². The highest BCUT2D eigenvalue weighted by Crippen LogP contribution is 2.45. The standard InChI is InChI=1S/C32H33NO3S/c1-20(2)33(31(34)25-14-12-21(3)13-15-25)28-27-11-7-10-26(29(27)37-30(28)32(35)36)24-18-16-23(17-19-24)22-8-5-4-6-9-22/h4-11,16-21,25H,12-15H2,1-3H3,(H,35,36). The molecule has 0 atom stereocenters. The molecule has 1 aliphatic rings. The van der Waals surface area contributed by atoms with Crippen LogP contribution >= 0.6 is 11.3 Å². The number of hydrogen-bond acceptors (Lipinski definition) is 3. The molecule has 1 heterocycles. The van der Waals surface area contributed by atoms with E-state index in [1.165, 1.54) is 11.3 Å². The third kappa shape index (κ3) is 4.93. The van der Waals surface area contributed by atoms with Crippen LogP contribution in [0, 0.1) is 11.8 Å². The zero-order valence-electron chi connectivity index (χ0n) is 21.6. The zero-order chi connectivity index (χ0) is 26.1. The van der Waals surface area contributed by atoms with E-state index in [0.29, 0.717) is 11.6 Å². The van der Waals surface area contributed by atoms with Crippen molar-refractivity contribution >= 4 is 39.0 Å². The van der Waals surface area contributed by atoms with E-state index in [2.05, 4.69) is 43.3 Å². The Morgan fingerprint density at radius 3 is 2.08 bits per heavy atom. The normalized spacial score (nSPS) is 17.7. The van der Waals surface area contributed by atoms with Crippen LogP contribution in [-0.4, -0.2) is 23.0 Å². The van der Waals surface area contributed by atoms with Gasteiger partial charge in [-0.1, -0.05) is 79.7 Å². The number of carbonyl (C=O) groups is 2. The number of aromatic carboxylic acids is 1. The molecule has 1 N–H and O–H groups in total. The lowest BCUT2D eigenvalue weighted by Gasteiger charge is -2.33. The van der Waals surface area contributed by atoms with Crippen molar-refractivity contribution in [3.63, 3.8) is 0 Å². The van der Waals surface area contributed by atoms with Gasteiger partial charge in [-0.05, 0) is 67.7 Å². The second-order valence-corrected chi connectivity index (χ2v) is 11.5. The molecular formula is C32H33NO3S. The Morgan fingerprint density at radius 1 is 0.838 bits per heavy atom. The number of fused-ring (bicyclic) bond motifs is 1. The molecule has 4 aromatic rings. The van der Waals surface area contributed by atoms with Crippen molar-refractivity contribution in [2.75, 3.05) is 4.90 Å². The first-order chi connectivity index (χ1) is 17.8. The second-order valence-electron chi connectivity index (χ2n) is 10.5. The van der Waals surface area contributed by atoms with Crippen LogP contribution in [0.25, 0.3) is 32.3 Å². The Labute approximate surface area is 222 Å². The number of benzene rings is 3. The maximum Gasteiger partial charge on any atom is 0.348 e. The van der Waals surface area contributed by atoms with Crippen LogP contribution in [0.15, 0.2) is 72.8 Å². The van der Waals surface area contributed by atoms with Crippen LogP contribution < -0.4 is 4.90 Å². The third-order valence-electron chi connectivity index (χ3n) is 7.55. The Kier molecular flexibility index (Phi) is 7.16. The summed E-state index contributed by atoms with van der Waals surface area (Å²) < 4.78 is 0.901. The fourth-order valence-corrected chi connectivity index (χ4v) is 6.68. The van der Waals surface area contributed by atoms with E-state index < -0.39 is 5.97 Å². The summed E-state index contributed by atoms with van der Waals surface area (Å²) in [7, 11) is 0. The Balaban J connectivity index is 1.59. The fourth-order valence-electron chi connectivity index (χ4n) is 5.52. The molecule has 5 rings (SSSR count). The van der Waals surface area contributed by atoms with Gasteiger partial charge in [-0.2, -0.15) is 0 Å². The summed E-state index contributed by atoms with van der Waals surface area (Å²) in [6.45, 7) is 6.19. The molecule has 0 aliphatic heterocycles. The molecule has 1 aromatic heterocycles. The van der Waals surface area contributed by atoms with Crippen LogP contribution in [0.3, 0.4) is 0 Å². The topological polar surface area (TPSA) is 57.6 Å². The molecule has 5 heteroatoms. The number of hydrogen-bond donors (Lipinski definition) is 1. The van der Waals surface area contributed by atoms with E-state index in [-0.39, 0.29) is 22.7 Å². The number of rotatable bonds is 6. The molecule has 0 bridgehead atoms. The highest BCUT2D eigenvalue weighted by atomic mass is 32.1. The predicted octanol–water partition coefficient (Wildman–Crippen LogP) is 8.50. The number of carboxylic acids is 1. The molecular weight excluding hydrogens is 478 g/mol. The molecule has 3 aromatic carbocycles. The molecule has 1 fully saturated rings. The van der Waals surface area contributed by atoms with Gasteiger partial charge in [0.1, 0.15) is 4.88 Å². The van der Waals surface area contributed by atoms with Crippen LogP contribution in [0.4, 0.5) is 5.69 Å². The average Bonchev–Trinajstić information content (AvgIpc) is 3.29. The smallest absolute Gasteiger partial charge is 0.348 e. The largest absolute Gasteiger partial charge is 0.477 e. The minimum atomic E-state index is -0.989. The number of anilines is 1. The number of amides is 1. The van der Waals surface area contributed by atoms with E-state index in [0.717, 1.165) is 58.0 Å². The number of carbonyl (C=O) groups excluding carboxylic acids is 1. The maximum atomic E-state index is 13.8. The number of nitrogens with zero attached hydrogens (tertiary/aromatic N) is 1. The molecule has 0 unspecified atom stereocenters. The van der Waals surface area contributed by atoms with Crippen LogP contribution in [-0.2, 0) is 4.79 Å². The zero-order valence-corrected chi connectivity index (χ0v) is 22.4. The highest BCUT2D eigenvalue weighted by molar-refractivity contribution is 7.22. The van der Waals surface area contributed by atoms with E-state index in [1.807, 2.05) is 50.2 Å². The van der Waals surface area contributed by atoms with Gasteiger partial charge in [-0.15, -0.1) is 11.3 Å². The van der Waals surface area contributed by atoms with Crippen molar-refractivity contribution in [1.82, 2.24) is 0 Å². The monoisotopic (exact) mass is 511 g/mol. The lowest BCUT2D eigenvalue weighted by molar-refractivity contribution is -0.123. The maximum absolute atomic E-state index is 13.8. The van der Waals surface area contributed by atoms with Crippen molar-refractivity contribution in [2.45, 2.75) is 52.5 Å². The minimum Gasteiger partial charge on any atom is -0.477 e.